The number of rotatable bonds is 5. The Morgan fingerprint density at radius 2 is 1.85 bits per heavy atom. The van der Waals surface area contributed by atoms with Gasteiger partial charge < -0.3 is 20.1 Å². The van der Waals surface area contributed by atoms with Gasteiger partial charge in [-0.25, -0.2) is 9.59 Å². The van der Waals surface area contributed by atoms with Gasteiger partial charge in [-0.3, -0.25) is 0 Å². The summed E-state index contributed by atoms with van der Waals surface area (Å²) in [5.74, 6) is 0.244. The molecule has 2 aromatic carbocycles. The van der Waals surface area contributed by atoms with Crippen LogP contribution in [0.15, 0.2) is 64.3 Å². The number of amides is 2. The number of hydrogen-bond acceptors (Lipinski definition) is 4. The average molecular weight is 431 g/mol. The van der Waals surface area contributed by atoms with E-state index >= 15 is 0 Å². The van der Waals surface area contributed by atoms with E-state index in [0.717, 1.165) is 21.3 Å². The Balaban J connectivity index is 1.82. The lowest BCUT2D eigenvalue weighted by Crippen LogP contribution is -2.45. The number of hydrogen-bond donors (Lipinski definition) is 2. The molecule has 3 rings (SSSR count). The second kappa shape index (κ2) is 8.26. The minimum absolute atomic E-state index is 0.121. The fraction of sp³-hybridized carbons (Fsp3) is 0.200. The van der Waals surface area contributed by atoms with Crippen LogP contribution in [0.5, 0.6) is 5.75 Å². The van der Waals surface area contributed by atoms with Gasteiger partial charge in [0.2, 0.25) is 0 Å². The summed E-state index contributed by atoms with van der Waals surface area (Å²) in [6, 6.07) is 13.7. The Bertz CT molecular complexity index is 893. The van der Waals surface area contributed by atoms with Crippen LogP contribution >= 0.6 is 15.9 Å². The number of carbonyl (C=O) groups is 2. The normalized spacial score (nSPS) is 16.4. The monoisotopic (exact) mass is 430 g/mol. The molecule has 2 aromatic rings. The van der Waals surface area contributed by atoms with Crippen molar-refractivity contribution in [3.63, 3.8) is 0 Å². The third-order valence-electron chi connectivity index (χ3n) is 4.23. The molecule has 1 aliphatic heterocycles. The Morgan fingerprint density at radius 3 is 2.52 bits per heavy atom. The highest BCUT2D eigenvalue weighted by atomic mass is 79.9. The van der Waals surface area contributed by atoms with Crippen LogP contribution in [0.1, 0.15) is 24.1 Å². The molecule has 7 heteroatoms. The topological polar surface area (TPSA) is 76.7 Å². The lowest BCUT2D eigenvalue weighted by atomic mass is 9.95. The van der Waals surface area contributed by atoms with Gasteiger partial charge in [-0.15, -0.1) is 0 Å². The van der Waals surface area contributed by atoms with Gasteiger partial charge in [-0.05, 0) is 36.2 Å². The van der Waals surface area contributed by atoms with Crippen LogP contribution in [-0.4, -0.2) is 19.1 Å². The molecule has 2 amide bonds. The van der Waals surface area contributed by atoms with E-state index in [2.05, 4.69) is 26.6 Å². The summed E-state index contributed by atoms with van der Waals surface area (Å²) in [5.41, 5.74) is 2.46. The molecule has 1 atom stereocenters. The predicted molar refractivity (Wildman–Crippen MR) is 104 cm³/mol. The van der Waals surface area contributed by atoms with Gasteiger partial charge in [0.1, 0.15) is 12.4 Å². The first kappa shape index (κ1) is 19.0. The molecule has 6 nitrogen and oxygen atoms in total. The van der Waals surface area contributed by atoms with Crippen molar-refractivity contribution in [2.75, 3.05) is 7.11 Å². The van der Waals surface area contributed by atoms with E-state index in [1.807, 2.05) is 36.4 Å². The van der Waals surface area contributed by atoms with E-state index in [4.69, 9.17) is 9.47 Å². The number of methoxy groups -OCH3 is 1. The average Bonchev–Trinajstić information content (AvgIpc) is 2.66. The molecule has 1 heterocycles. The Hall–Kier alpha value is -2.80. The molecule has 2 N–H and O–H groups in total. The van der Waals surface area contributed by atoms with Gasteiger partial charge in [-0.1, -0.05) is 46.3 Å². The van der Waals surface area contributed by atoms with Gasteiger partial charge in [0.05, 0.1) is 18.7 Å². The molecule has 0 aliphatic carbocycles. The van der Waals surface area contributed by atoms with E-state index in [1.165, 1.54) is 0 Å². The Kier molecular flexibility index (Phi) is 5.81. The molecular formula is C20H19BrN2O4. The summed E-state index contributed by atoms with van der Waals surface area (Å²) in [6.45, 7) is 1.81. The summed E-state index contributed by atoms with van der Waals surface area (Å²) in [4.78, 5) is 24.7. The first-order valence-corrected chi connectivity index (χ1v) is 9.11. The van der Waals surface area contributed by atoms with Gasteiger partial charge in [0, 0.05) is 10.2 Å². The highest BCUT2D eigenvalue weighted by molar-refractivity contribution is 9.10. The second-order valence-electron chi connectivity index (χ2n) is 6.02. The van der Waals surface area contributed by atoms with Crippen molar-refractivity contribution >= 4 is 27.9 Å². The lowest BCUT2D eigenvalue weighted by Gasteiger charge is -2.28. The van der Waals surface area contributed by atoms with E-state index in [0.29, 0.717) is 11.3 Å². The number of esters is 1. The van der Waals surface area contributed by atoms with Crippen LogP contribution in [0.4, 0.5) is 4.79 Å². The summed E-state index contributed by atoms with van der Waals surface area (Å²) >= 11 is 3.48. The molecule has 0 saturated heterocycles. The fourth-order valence-electron chi connectivity index (χ4n) is 2.86. The molecule has 1 aliphatic rings. The van der Waals surface area contributed by atoms with Crippen molar-refractivity contribution in [2.24, 2.45) is 0 Å². The van der Waals surface area contributed by atoms with Crippen LogP contribution in [0.3, 0.4) is 0 Å². The highest BCUT2D eigenvalue weighted by Crippen LogP contribution is 2.32. The van der Waals surface area contributed by atoms with E-state index in [1.54, 1.807) is 26.2 Å². The molecule has 0 radical (unpaired) electrons. The van der Waals surface area contributed by atoms with Gasteiger partial charge in [-0.2, -0.15) is 0 Å². The van der Waals surface area contributed by atoms with Crippen LogP contribution in [-0.2, 0) is 16.1 Å². The zero-order valence-corrected chi connectivity index (χ0v) is 16.5. The smallest absolute Gasteiger partial charge is 0.338 e. The molecule has 1 unspecified atom stereocenters. The minimum Gasteiger partial charge on any atom is -0.497 e. The lowest BCUT2D eigenvalue weighted by molar-refractivity contribution is -0.140. The molecule has 0 aromatic heterocycles. The number of benzene rings is 2. The summed E-state index contributed by atoms with van der Waals surface area (Å²) in [5, 5.41) is 5.43. The number of urea groups is 1. The van der Waals surface area contributed by atoms with Crippen LogP contribution in [0, 0.1) is 0 Å². The number of carbonyl (C=O) groups excluding carboxylic acids is 2. The number of allylic oxidation sites excluding steroid dienone is 1. The van der Waals surface area contributed by atoms with Crippen molar-refractivity contribution < 1.29 is 19.1 Å². The van der Waals surface area contributed by atoms with E-state index in [-0.39, 0.29) is 12.6 Å². The first-order valence-electron chi connectivity index (χ1n) is 8.32. The third kappa shape index (κ3) is 4.31. The maximum Gasteiger partial charge on any atom is 0.338 e. The Morgan fingerprint density at radius 1 is 1.15 bits per heavy atom. The number of nitrogens with one attached hydrogen (secondary N) is 2. The SMILES string of the molecule is COc1ccc(COC(=O)C2=C(C)NC(=O)NC2c2ccccc2Br)cc1. The Labute approximate surface area is 165 Å². The predicted octanol–water partition coefficient (Wildman–Crippen LogP) is 3.83. The summed E-state index contributed by atoms with van der Waals surface area (Å²) < 4.78 is 11.4. The van der Waals surface area contributed by atoms with Crippen molar-refractivity contribution in [2.45, 2.75) is 19.6 Å². The summed E-state index contributed by atoms with van der Waals surface area (Å²) in [7, 11) is 1.59. The standard InChI is InChI=1S/C20H19BrN2O4/c1-12-17(19(24)27-11-13-7-9-14(26-2)10-8-13)18(23-20(25)22-12)15-5-3-4-6-16(15)21/h3-10,18H,11H2,1-2H3,(H2,22,23,25). The quantitative estimate of drug-likeness (QED) is 0.706. The fourth-order valence-corrected chi connectivity index (χ4v) is 3.37. The second-order valence-corrected chi connectivity index (χ2v) is 6.87. The van der Waals surface area contributed by atoms with Crippen molar-refractivity contribution in [1.82, 2.24) is 10.6 Å². The zero-order valence-electron chi connectivity index (χ0n) is 14.9. The first-order chi connectivity index (χ1) is 13.0. The van der Waals surface area contributed by atoms with E-state index < -0.39 is 12.0 Å². The van der Waals surface area contributed by atoms with Crippen molar-refractivity contribution in [3.8, 4) is 5.75 Å². The van der Waals surface area contributed by atoms with Gasteiger partial charge in [0.25, 0.3) is 0 Å². The van der Waals surface area contributed by atoms with Crippen LogP contribution < -0.4 is 15.4 Å². The number of ether oxygens (including phenoxy) is 2. The maximum atomic E-state index is 12.8. The van der Waals surface area contributed by atoms with Gasteiger partial charge in [0.15, 0.2) is 0 Å². The highest BCUT2D eigenvalue weighted by Gasteiger charge is 2.33. The molecule has 0 spiro atoms. The summed E-state index contributed by atoms with van der Waals surface area (Å²) in [6.07, 6.45) is 0. The van der Waals surface area contributed by atoms with Crippen molar-refractivity contribution in [3.05, 3.63) is 75.4 Å². The molecule has 140 valence electrons. The molecule has 27 heavy (non-hydrogen) atoms. The third-order valence-corrected chi connectivity index (χ3v) is 4.96. The van der Waals surface area contributed by atoms with E-state index in [9.17, 15) is 9.59 Å². The maximum absolute atomic E-state index is 12.8. The minimum atomic E-state index is -0.599. The van der Waals surface area contributed by atoms with Crippen LogP contribution in [0.2, 0.25) is 0 Å². The van der Waals surface area contributed by atoms with Crippen molar-refractivity contribution in [1.29, 1.82) is 0 Å². The van der Waals surface area contributed by atoms with Gasteiger partial charge >= 0.3 is 12.0 Å². The largest absolute Gasteiger partial charge is 0.497 e. The van der Waals surface area contributed by atoms with Crippen LogP contribution in [0.25, 0.3) is 0 Å². The molecular weight excluding hydrogens is 412 g/mol. The zero-order chi connectivity index (χ0) is 19.4. The molecule has 0 bridgehead atoms. The number of halogens is 1. The molecule has 0 fully saturated rings. The molecule has 0 saturated carbocycles.